The third-order valence-corrected chi connectivity index (χ3v) is 7.81. The molecule has 2 fully saturated rings. The van der Waals surface area contributed by atoms with Gasteiger partial charge in [0.1, 0.15) is 12.7 Å². The first kappa shape index (κ1) is 29.2. The van der Waals surface area contributed by atoms with Crippen molar-refractivity contribution in [1.82, 2.24) is 4.90 Å². The molecule has 0 aliphatic carbocycles. The summed E-state index contributed by atoms with van der Waals surface area (Å²) < 4.78 is 28.3. The SMILES string of the molecule is CC(=O)OCC1OC(N2C(=O)C(=Cc3ccc(Br)s3)SC2=S)C(OC(C)=O)C(OC(C)=O)C1OC(C)=O. The Kier molecular flexibility index (Phi) is 9.86. The number of halogens is 1. The quantitative estimate of drug-likeness (QED) is 0.189. The summed E-state index contributed by atoms with van der Waals surface area (Å²) in [6.45, 7) is 4.11. The molecule has 0 bridgehead atoms. The molecule has 37 heavy (non-hydrogen) atoms. The fourth-order valence-corrected chi connectivity index (χ4v) is 6.39. The van der Waals surface area contributed by atoms with Crippen molar-refractivity contribution >= 4 is 91.4 Å². The van der Waals surface area contributed by atoms with Crippen molar-refractivity contribution in [3.63, 3.8) is 0 Å². The van der Waals surface area contributed by atoms with Crippen molar-refractivity contribution in [2.24, 2.45) is 0 Å². The van der Waals surface area contributed by atoms with Crippen LogP contribution >= 0.6 is 51.2 Å². The first-order chi connectivity index (χ1) is 17.4. The Balaban J connectivity index is 2.05. The molecule has 200 valence electrons. The van der Waals surface area contributed by atoms with Gasteiger partial charge >= 0.3 is 23.9 Å². The monoisotopic (exact) mass is 635 g/mol. The number of thioether (sulfide) groups is 1. The molecule has 1 aromatic rings. The number of carbonyl (C=O) groups is 5. The molecule has 3 rings (SSSR count). The van der Waals surface area contributed by atoms with Crippen LogP contribution in [0.4, 0.5) is 0 Å². The van der Waals surface area contributed by atoms with E-state index in [0.717, 1.165) is 46.1 Å². The van der Waals surface area contributed by atoms with Gasteiger partial charge in [-0.1, -0.05) is 24.0 Å². The summed E-state index contributed by atoms with van der Waals surface area (Å²) in [6.07, 6.45) is -5.12. The highest BCUT2D eigenvalue weighted by molar-refractivity contribution is 9.11. The Morgan fingerprint density at radius 3 is 2.14 bits per heavy atom. The molecule has 0 spiro atoms. The van der Waals surface area contributed by atoms with Crippen LogP contribution in [0.5, 0.6) is 0 Å². The van der Waals surface area contributed by atoms with Gasteiger partial charge in [-0.3, -0.25) is 28.9 Å². The summed E-state index contributed by atoms with van der Waals surface area (Å²) >= 11 is 11.2. The van der Waals surface area contributed by atoms with Gasteiger partial charge in [0.2, 0.25) is 0 Å². The minimum atomic E-state index is -1.43. The molecule has 0 saturated carbocycles. The highest BCUT2D eigenvalue weighted by atomic mass is 79.9. The zero-order valence-electron chi connectivity index (χ0n) is 20.0. The third kappa shape index (κ3) is 7.37. The van der Waals surface area contributed by atoms with Gasteiger partial charge < -0.3 is 23.7 Å². The van der Waals surface area contributed by atoms with E-state index in [0.29, 0.717) is 0 Å². The number of carbonyl (C=O) groups excluding carboxylic acids is 5. The number of rotatable bonds is 7. The van der Waals surface area contributed by atoms with E-state index in [1.165, 1.54) is 18.3 Å². The summed E-state index contributed by atoms with van der Waals surface area (Å²) in [5.41, 5.74) is 0. The zero-order chi connectivity index (χ0) is 27.4. The number of hydrogen-bond acceptors (Lipinski definition) is 13. The number of thiocarbonyl (C=S) groups is 1. The predicted molar refractivity (Wildman–Crippen MR) is 139 cm³/mol. The minimum Gasteiger partial charge on any atom is -0.463 e. The van der Waals surface area contributed by atoms with Gasteiger partial charge in [0, 0.05) is 32.6 Å². The maximum Gasteiger partial charge on any atom is 0.303 e. The van der Waals surface area contributed by atoms with Crippen molar-refractivity contribution in [2.75, 3.05) is 6.61 Å². The second-order valence-corrected chi connectivity index (χ2v) is 12.0. The van der Waals surface area contributed by atoms with Crippen molar-refractivity contribution < 1.29 is 47.7 Å². The Bertz CT molecular complexity index is 1150. The zero-order valence-corrected chi connectivity index (χ0v) is 24.0. The van der Waals surface area contributed by atoms with E-state index in [1.807, 2.05) is 12.1 Å². The van der Waals surface area contributed by atoms with Crippen LogP contribution in [-0.4, -0.2) is 76.3 Å². The van der Waals surface area contributed by atoms with Crippen LogP contribution in [0.3, 0.4) is 0 Å². The van der Waals surface area contributed by atoms with Crippen LogP contribution < -0.4 is 0 Å². The van der Waals surface area contributed by atoms with Crippen molar-refractivity contribution in [1.29, 1.82) is 0 Å². The van der Waals surface area contributed by atoms with Gasteiger partial charge in [-0.2, -0.15) is 0 Å². The topological polar surface area (TPSA) is 135 Å². The van der Waals surface area contributed by atoms with E-state index < -0.39 is 67.0 Å². The molecule has 3 heterocycles. The second-order valence-electron chi connectivity index (χ2n) is 7.78. The first-order valence-corrected chi connectivity index (χ1v) is 13.5. The highest BCUT2D eigenvalue weighted by Gasteiger charge is 2.56. The van der Waals surface area contributed by atoms with Crippen molar-refractivity contribution in [2.45, 2.75) is 58.3 Å². The Morgan fingerprint density at radius 1 is 1.00 bits per heavy atom. The summed E-state index contributed by atoms with van der Waals surface area (Å²) in [7, 11) is 0. The molecule has 5 unspecified atom stereocenters. The van der Waals surface area contributed by atoms with Gasteiger partial charge in [0.25, 0.3) is 5.91 Å². The first-order valence-electron chi connectivity index (χ1n) is 10.7. The third-order valence-electron chi connectivity index (χ3n) is 4.91. The van der Waals surface area contributed by atoms with E-state index >= 15 is 0 Å². The average molecular weight is 637 g/mol. The van der Waals surface area contributed by atoms with Gasteiger partial charge in [-0.25, -0.2) is 0 Å². The molecule has 2 aliphatic heterocycles. The number of amides is 1. The number of nitrogens with zero attached hydrogens (tertiary/aromatic N) is 1. The number of thiophene rings is 1. The van der Waals surface area contributed by atoms with Gasteiger partial charge in [0.15, 0.2) is 28.9 Å². The summed E-state index contributed by atoms with van der Waals surface area (Å²) in [5.74, 6) is -3.50. The van der Waals surface area contributed by atoms with Crippen LogP contribution in [0.25, 0.3) is 6.08 Å². The molecule has 5 atom stereocenters. The second kappa shape index (κ2) is 12.5. The normalized spacial score (nSPS) is 26.7. The smallest absolute Gasteiger partial charge is 0.303 e. The lowest BCUT2D eigenvalue weighted by Crippen LogP contribution is -2.66. The maximum atomic E-state index is 13.5. The van der Waals surface area contributed by atoms with Crippen molar-refractivity contribution in [3.8, 4) is 0 Å². The highest BCUT2D eigenvalue weighted by Crippen LogP contribution is 2.40. The molecule has 2 saturated heterocycles. The summed E-state index contributed by atoms with van der Waals surface area (Å²) in [5, 5.41) is 0. The fraction of sp³-hybridized carbons (Fsp3) is 0.455. The van der Waals surface area contributed by atoms with E-state index in [-0.39, 0.29) is 9.23 Å². The van der Waals surface area contributed by atoms with Gasteiger partial charge in [-0.05, 0) is 34.1 Å². The molecule has 0 N–H and O–H groups in total. The van der Waals surface area contributed by atoms with E-state index in [9.17, 15) is 24.0 Å². The van der Waals surface area contributed by atoms with Crippen LogP contribution in [-0.2, 0) is 47.7 Å². The molecule has 11 nitrogen and oxygen atoms in total. The molecule has 2 aliphatic rings. The van der Waals surface area contributed by atoms with E-state index in [1.54, 1.807) is 6.08 Å². The Morgan fingerprint density at radius 2 is 1.59 bits per heavy atom. The Labute approximate surface area is 233 Å². The largest absolute Gasteiger partial charge is 0.463 e. The predicted octanol–water partition coefficient (Wildman–Crippen LogP) is 2.79. The Hall–Kier alpha value is -2.33. The number of ether oxygens (including phenoxy) is 5. The lowest BCUT2D eigenvalue weighted by Gasteiger charge is -2.46. The lowest BCUT2D eigenvalue weighted by molar-refractivity contribution is -0.268. The number of hydrogen-bond donors (Lipinski definition) is 0. The van der Waals surface area contributed by atoms with E-state index in [2.05, 4.69) is 15.9 Å². The molecule has 0 aromatic carbocycles. The lowest BCUT2D eigenvalue weighted by atomic mass is 9.96. The summed E-state index contributed by atoms with van der Waals surface area (Å²) in [4.78, 5) is 63.1. The standard InChI is InChI=1S/C22H22BrNO10S3/c1-9(25)30-8-14-17(31-10(2)26)18(32-11(3)27)19(33-12(4)28)21(34-14)24-20(29)15(37-22(24)35)7-13-5-6-16(23)36-13/h5-7,14,17-19,21H,8H2,1-4H3. The summed E-state index contributed by atoms with van der Waals surface area (Å²) in [6, 6.07) is 3.65. The molecule has 1 amide bonds. The molecule has 15 heteroatoms. The molecular formula is C22H22BrNO10S3. The molecule has 1 aromatic heterocycles. The fourth-order valence-electron chi connectivity index (χ4n) is 3.65. The van der Waals surface area contributed by atoms with Crippen LogP contribution in [0.1, 0.15) is 32.6 Å². The molecule has 0 radical (unpaired) electrons. The van der Waals surface area contributed by atoms with Crippen LogP contribution in [0, 0.1) is 0 Å². The van der Waals surface area contributed by atoms with Gasteiger partial charge in [0.05, 0.1) is 8.69 Å². The van der Waals surface area contributed by atoms with Crippen LogP contribution in [0.2, 0.25) is 0 Å². The van der Waals surface area contributed by atoms with E-state index in [4.69, 9.17) is 35.9 Å². The maximum absolute atomic E-state index is 13.5. The minimum absolute atomic E-state index is 0.0905. The number of esters is 4. The molecular weight excluding hydrogens is 614 g/mol. The van der Waals surface area contributed by atoms with Gasteiger partial charge in [-0.15, -0.1) is 11.3 Å². The van der Waals surface area contributed by atoms with Crippen LogP contribution in [0.15, 0.2) is 20.8 Å². The van der Waals surface area contributed by atoms with Crippen molar-refractivity contribution in [3.05, 3.63) is 25.7 Å². The average Bonchev–Trinajstić information content (AvgIpc) is 3.30.